The molecule has 2 aromatic carbocycles. The van der Waals surface area contributed by atoms with Crippen molar-refractivity contribution in [1.82, 2.24) is 9.58 Å². The van der Waals surface area contributed by atoms with Gasteiger partial charge in [0.25, 0.3) is 5.91 Å². The number of hydrogen-bond acceptors (Lipinski definition) is 6. The molecule has 7 nitrogen and oxygen atoms in total. The zero-order valence-electron chi connectivity index (χ0n) is 19.1. The monoisotopic (exact) mass is 487 g/mol. The largest absolute Gasteiger partial charge is 0.502 e. The quantitative estimate of drug-likeness (QED) is 0.521. The third-order valence-corrected chi connectivity index (χ3v) is 8.89. The summed E-state index contributed by atoms with van der Waals surface area (Å²) in [6.45, 7) is 1.61. The first kappa shape index (κ1) is 20.9. The Hall–Kier alpha value is -3.39. The van der Waals surface area contributed by atoms with Gasteiger partial charge >= 0.3 is 0 Å². The highest BCUT2D eigenvalue weighted by Gasteiger charge is 2.43. The molecule has 3 aromatic rings. The van der Waals surface area contributed by atoms with Crippen LogP contribution in [0.25, 0.3) is 0 Å². The van der Waals surface area contributed by atoms with Crippen molar-refractivity contribution in [3.05, 3.63) is 87.3 Å². The number of nitrogens with zero attached hydrogens (tertiary/aromatic N) is 3. The molecule has 3 atom stereocenters. The van der Waals surface area contributed by atoms with Gasteiger partial charge in [-0.05, 0) is 47.9 Å². The van der Waals surface area contributed by atoms with Gasteiger partial charge in [-0.15, -0.1) is 11.8 Å². The summed E-state index contributed by atoms with van der Waals surface area (Å²) in [4.78, 5) is 28.9. The fourth-order valence-corrected chi connectivity index (χ4v) is 6.85. The molecule has 4 aliphatic rings. The lowest BCUT2D eigenvalue weighted by Crippen LogP contribution is -2.55. The molecule has 1 aromatic heterocycles. The summed E-state index contributed by atoms with van der Waals surface area (Å²) in [7, 11) is 0. The summed E-state index contributed by atoms with van der Waals surface area (Å²) < 4.78 is 8.18. The lowest BCUT2D eigenvalue weighted by molar-refractivity contribution is 0.0671. The smallest absolute Gasteiger partial charge is 0.277 e. The van der Waals surface area contributed by atoms with E-state index in [1.807, 2.05) is 18.2 Å². The topological polar surface area (TPSA) is 75.0 Å². The summed E-state index contributed by atoms with van der Waals surface area (Å²) in [5.41, 5.74) is 2.88. The van der Waals surface area contributed by atoms with Crippen LogP contribution in [0.5, 0.6) is 11.5 Å². The van der Waals surface area contributed by atoms with Crippen molar-refractivity contribution in [3.63, 3.8) is 0 Å². The van der Waals surface area contributed by atoms with Crippen molar-refractivity contribution < 1.29 is 14.6 Å². The highest BCUT2D eigenvalue weighted by molar-refractivity contribution is 7.98. The molecule has 35 heavy (non-hydrogen) atoms. The minimum Gasteiger partial charge on any atom is -0.502 e. The summed E-state index contributed by atoms with van der Waals surface area (Å²) in [5, 5.41) is 12.9. The number of aromatic nitrogens is 1. The van der Waals surface area contributed by atoms with Crippen molar-refractivity contribution in [2.24, 2.45) is 11.8 Å². The summed E-state index contributed by atoms with van der Waals surface area (Å²) in [6, 6.07) is 15.7. The Morgan fingerprint density at radius 1 is 1.03 bits per heavy atom. The van der Waals surface area contributed by atoms with Crippen molar-refractivity contribution in [3.8, 4) is 11.5 Å². The van der Waals surface area contributed by atoms with E-state index in [-0.39, 0.29) is 17.6 Å². The van der Waals surface area contributed by atoms with E-state index in [9.17, 15) is 14.7 Å². The second-order valence-electron chi connectivity index (χ2n) is 9.78. The molecule has 2 bridgehead atoms. The fourth-order valence-electron chi connectivity index (χ4n) is 5.76. The van der Waals surface area contributed by atoms with Crippen LogP contribution in [0.15, 0.2) is 64.4 Å². The van der Waals surface area contributed by atoms with Crippen molar-refractivity contribution in [1.29, 1.82) is 0 Å². The normalized spacial score (nSPS) is 24.5. The minimum atomic E-state index is -0.545. The third kappa shape index (κ3) is 3.26. The molecule has 7 rings (SSSR count). The van der Waals surface area contributed by atoms with Gasteiger partial charge in [0.15, 0.2) is 11.4 Å². The van der Waals surface area contributed by atoms with E-state index in [2.05, 4.69) is 29.3 Å². The third-order valence-electron chi connectivity index (χ3n) is 7.75. The fraction of sp³-hybridized carbons (Fsp3) is 0.333. The Morgan fingerprint density at radius 3 is 2.83 bits per heavy atom. The number of pyridine rings is 1. The molecule has 8 heteroatoms. The lowest BCUT2D eigenvalue weighted by Gasteiger charge is -2.44. The lowest BCUT2D eigenvalue weighted by atomic mass is 9.93. The Bertz CT molecular complexity index is 1420. The highest BCUT2D eigenvalue weighted by atomic mass is 32.2. The molecule has 1 aliphatic carbocycles. The molecular weight excluding hydrogens is 462 g/mol. The van der Waals surface area contributed by atoms with Crippen LogP contribution in [0.2, 0.25) is 0 Å². The molecule has 0 saturated heterocycles. The number of benzene rings is 2. The van der Waals surface area contributed by atoms with Crippen molar-refractivity contribution >= 4 is 17.7 Å². The summed E-state index contributed by atoms with van der Waals surface area (Å²) >= 11 is 1.80. The van der Waals surface area contributed by atoms with Gasteiger partial charge in [0.1, 0.15) is 18.5 Å². The maximum atomic E-state index is 13.5. The number of fused-ring (bicyclic) bond motifs is 8. The van der Waals surface area contributed by atoms with E-state index in [1.54, 1.807) is 27.5 Å². The van der Waals surface area contributed by atoms with E-state index in [4.69, 9.17) is 4.74 Å². The van der Waals surface area contributed by atoms with Gasteiger partial charge in [0.2, 0.25) is 5.43 Å². The van der Waals surface area contributed by atoms with E-state index < -0.39 is 11.2 Å². The van der Waals surface area contributed by atoms with Crippen LogP contribution in [0.3, 0.4) is 0 Å². The number of hydrogen-bond donors (Lipinski definition) is 1. The van der Waals surface area contributed by atoms with Crippen LogP contribution in [0.4, 0.5) is 0 Å². The van der Waals surface area contributed by atoms with E-state index >= 15 is 0 Å². The average Bonchev–Trinajstić information content (AvgIpc) is 3.65. The number of amides is 1. The maximum Gasteiger partial charge on any atom is 0.277 e. The number of aromatic hydroxyl groups is 1. The SMILES string of the molecule is O=C1c2c(O)c(=O)ccn2N2CN1CCC1CC1COc1cccc3c1[C@@H]2c1ccccc1SC3. The molecule has 2 unspecified atom stereocenters. The second kappa shape index (κ2) is 7.81. The van der Waals surface area contributed by atoms with E-state index in [0.29, 0.717) is 31.7 Å². The highest BCUT2D eigenvalue weighted by Crippen LogP contribution is 2.48. The second-order valence-corrected chi connectivity index (χ2v) is 10.8. The standard InChI is InChI=1S/C27H25N3O4S/c31-20-9-11-29-25(26(20)32)27(33)28-10-8-16-12-18(16)13-34-21-6-3-4-17-14-35-22-7-2-1-5-19(22)24(23(17)21)30(29)15-28/h1-7,9,11,16,18,24,32H,8,10,12-15H2/t16?,18?,24-/m0/s1. The van der Waals surface area contributed by atoms with Gasteiger partial charge < -0.3 is 14.7 Å². The number of carbonyl (C=O) groups is 1. The number of ether oxygens (including phenoxy) is 1. The van der Waals surface area contributed by atoms with Crippen LogP contribution in [0, 0.1) is 11.8 Å². The van der Waals surface area contributed by atoms with Gasteiger partial charge in [-0.2, -0.15) is 0 Å². The Labute approximate surface area is 206 Å². The molecule has 0 spiro atoms. The summed E-state index contributed by atoms with van der Waals surface area (Å²) in [5.74, 6) is 1.90. The molecule has 4 heterocycles. The Morgan fingerprint density at radius 2 is 1.91 bits per heavy atom. The predicted octanol–water partition coefficient (Wildman–Crippen LogP) is 3.72. The van der Waals surface area contributed by atoms with Gasteiger partial charge in [0, 0.05) is 35.0 Å². The van der Waals surface area contributed by atoms with Crippen molar-refractivity contribution in [2.75, 3.05) is 24.8 Å². The Kier molecular flexibility index (Phi) is 4.67. The average molecular weight is 488 g/mol. The number of carbonyl (C=O) groups excluding carboxylic acids is 1. The molecule has 1 saturated carbocycles. The van der Waals surface area contributed by atoms with Crippen molar-refractivity contribution in [2.45, 2.75) is 29.5 Å². The van der Waals surface area contributed by atoms with Crippen LogP contribution in [-0.2, 0) is 5.75 Å². The van der Waals surface area contributed by atoms with E-state index in [0.717, 1.165) is 35.5 Å². The first-order valence-electron chi connectivity index (χ1n) is 12.1. The summed E-state index contributed by atoms with van der Waals surface area (Å²) in [6.07, 6.45) is 3.60. The minimum absolute atomic E-state index is 0.0301. The van der Waals surface area contributed by atoms with Gasteiger partial charge in [-0.1, -0.05) is 30.3 Å². The Balaban J connectivity index is 1.51. The van der Waals surface area contributed by atoms with Gasteiger partial charge in [-0.3, -0.25) is 19.3 Å². The molecule has 1 N–H and O–H groups in total. The van der Waals surface area contributed by atoms with Crippen LogP contribution < -0.4 is 15.2 Å². The van der Waals surface area contributed by atoms with Crippen LogP contribution >= 0.6 is 11.8 Å². The van der Waals surface area contributed by atoms with E-state index in [1.165, 1.54) is 16.5 Å². The van der Waals surface area contributed by atoms with Gasteiger partial charge in [-0.25, -0.2) is 0 Å². The van der Waals surface area contributed by atoms with Crippen LogP contribution in [0.1, 0.15) is 46.1 Å². The molecular formula is C27H25N3O4S. The maximum absolute atomic E-state index is 13.5. The molecule has 1 amide bonds. The zero-order chi connectivity index (χ0) is 23.7. The molecule has 3 aliphatic heterocycles. The molecule has 1 fully saturated rings. The number of thioether (sulfide) groups is 1. The molecule has 0 radical (unpaired) electrons. The predicted molar refractivity (Wildman–Crippen MR) is 132 cm³/mol. The first-order chi connectivity index (χ1) is 17.1. The van der Waals surface area contributed by atoms with Gasteiger partial charge in [0.05, 0.1) is 6.61 Å². The van der Waals surface area contributed by atoms with Crippen LogP contribution in [-0.4, -0.2) is 40.4 Å². The zero-order valence-corrected chi connectivity index (χ0v) is 19.9. The first-order valence-corrected chi connectivity index (χ1v) is 13.1. The molecule has 178 valence electrons. The number of rotatable bonds is 0.